The van der Waals surface area contributed by atoms with Crippen LogP contribution in [0.25, 0.3) is 0 Å². The van der Waals surface area contributed by atoms with E-state index < -0.39 is 18.0 Å². The second-order valence-corrected chi connectivity index (χ2v) is 4.63. The molecule has 0 saturated heterocycles. The van der Waals surface area contributed by atoms with Gasteiger partial charge in [0.05, 0.1) is 5.97 Å². The van der Waals surface area contributed by atoms with Crippen molar-refractivity contribution in [3.8, 4) is 0 Å². The fraction of sp³-hybridized carbons (Fsp3) is 0.846. The van der Waals surface area contributed by atoms with Crippen molar-refractivity contribution in [2.45, 2.75) is 58.4 Å². The maximum absolute atomic E-state index is 10.9. The Morgan fingerprint density at radius 1 is 1.26 bits per heavy atom. The molecule has 19 heavy (non-hydrogen) atoms. The molecule has 0 fully saturated rings. The number of nitrogens with one attached hydrogen (secondary N) is 1. The van der Waals surface area contributed by atoms with E-state index in [9.17, 15) is 14.7 Å². The molecule has 0 saturated carbocycles. The third-order valence-corrected chi connectivity index (χ3v) is 3.13. The summed E-state index contributed by atoms with van der Waals surface area (Å²) in [6, 6.07) is -0.864. The van der Waals surface area contributed by atoms with Crippen LogP contribution in [0.3, 0.4) is 0 Å². The first kappa shape index (κ1) is 21.2. The van der Waals surface area contributed by atoms with Crippen molar-refractivity contribution in [3.63, 3.8) is 0 Å². The smallest absolute Gasteiger partial charge is 0.548 e. The summed E-state index contributed by atoms with van der Waals surface area (Å²) in [7, 11) is 0. The molecule has 1 unspecified atom stereocenters. The van der Waals surface area contributed by atoms with Crippen molar-refractivity contribution in [1.29, 1.82) is 0 Å². The average molecular weight is 281 g/mol. The number of carboxylic acid groups (broad SMARTS) is 2. The van der Waals surface area contributed by atoms with E-state index in [1.165, 1.54) is 0 Å². The SMILES string of the molecule is CCCCC(CC)CN[C@@H](CCC(=O)O)C(=O)[O-].[Na+]. The first-order valence-corrected chi connectivity index (χ1v) is 6.67. The van der Waals surface area contributed by atoms with E-state index in [4.69, 9.17) is 5.11 Å². The molecule has 0 amide bonds. The number of aliphatic carboxylic acids is 2. The number of carbonyl (C=O) groups excluding carboxylic acids is 1. The largest absolute Gasteiger partial charge is 1.00 e. The first-order chi connectivity index (χ1) is 8.51. The zero-order valence-corrected chi connectivity index (χ0v) is 14.3. The van der Waals surface area contributed by atoms with Crippen LogP contribution in [0.4, 0.5) is 0 Å². The van der Waals surface area contributed by atoms with Crippen molar-refractivity contribution in [1.82, 2.24) is 5.32 Å². The summed E-state index contributed by atoms with van der Waals surface area (Å²) in [6.45, 7) is 4.80. The molecule has 0 aliphatic carbocycles. The Morgan fingerprint density at radius 3 is 2.32 bits per heavy atom. The van der Waals surface area contributed by atoms with Crippen molar-refractivity contribution in [3.05, 3.63) is 0 Å². The van der Waals surface area contributed by atoms with Crippen LogP contribution in [0.15, 0.2) is 0 Å². The Morgan fingerprint density at radius 2 is 1.89 bits per heavy atom. The number of unbranched alkanes of at least 4 members (excludes halogenated alkanes) is 1. The van der Waals surface area contributed by atoms with Crippen LogP contribution in [-0.2, 0) is 9.59 Å². The van der Waals surface area contributed by atoms with E-state index in [1.807, 2.05) is 0 Å². The molecule has 6 heteroatoms. The minimum atomic E-state index is -1.22. The normalized spacial score (nSPS) is 13.4. The van der Waals surface area contributed by atoms with Gasteiger partial charge in [0.2, 0.25) is 0 Å². The minimum absolute atomic E-state index is 0. The summed E-state index contributed by atoms with van der Waals surface area (Å²) in [5, 5.41) is 22.3. The predicted octanol–water partition coefficient (Wildman–Crippen LogP) is -2.22. The number of carbonyl (C=O) groups is 2. The zero-order chi connectivity index (χ0) is 14.0. The van der Waals surface area contributed by atoms with Gasteiger partial charge >= 0.3 is 35.5 Å². The van der Waals surface area contributed by atoms with Gasteiger partial charge in [-0.15, -0.1) is 0 Å². The number of rotatable bonds is 11. The van der Waals surface area contributed by atoms with E-state index in [0.29, 0.717) is 12.5 Å². The molecule has 0 heterocycles. The molecule has 0 aliphatic heterocycles. The Labute approximate surface area is 137 Å². The monoisotopic (exact) mass is 281 g/mol. The average Bonchev–Trinajstić information content (AvgIpc) is 2.31. The molecule has 0 rings (SSSR count). The van der Waals surface area contributed by atoms with E-state index in [1.54, 1.807) is 0 Å². The summed E-state index contributed by atoms with van der Waals surface area (Å²) in [4.78, 5) is 21.3. The third kappa shape index (κ3) is 11.4. The van der Waals surface area contributed by atoms with Gasteiger partial charge < -0.3 is 20.3 Å². The van der Waals surface area contributed by atoms with Gasteiger partial charge in [-0.2, -0.15) is 0 Å². The Hall–Kier alpha value is -0.100. The maximum atomic E-state index is 10.9. The van der Waals surface area contributed by atoms with Gasteiger partial charge in [0.15, 0.2) is 0 Å². The minimum Gasteiger partial charge on any atom is -0.548 e. The molecular formula is C13H24NNaO4. The first-order valence-electron chi connectivity index (χ1n) is 6.67. The number of hydrogen-bond donors (Lipinski definition) is 2. The van der Waals surface area contributed by atoms with Crippen LogP contribution in [0.2, 0.25) is 0 Å². The summed E-state index contributed by atoms with van der Waals surface area (Å²) in [5.74, 6) is -1.76. The molecule has 0 aromatic rings. The predicted molar refractivity (Wildman–Crippen MR) is 67.0 cm³/mol. The molecule has 5 nitrogen and oxygen atoms in total. The topological polar surface area (TPSA) is 89.5 Å². The van der Waals surface area contributed by atoms with E-state index >= 15 is 0 Å². The van der Waals surface area contributed by atoms with Gasteiger partial charge in [0.25, 0.3) is 0 Å². The second-order valence-electron chi connectivity index (χ2n) is 4.63. The molecule has 0 aliphatic rings. The van der Waals surface area contributed by atoms with Gasteiger partial charge in [-0.1, -0.05) is 33.1 Å². The van der Waals surface area contributed by atoms with Gasteiger partial charge in [-0.25, -0.2) is 0 Å². The summed E-state index contributed by atoms with van der Waals surface area (Å²) >= 11 is 0. The van der Waals surface area contributed by atoms with Crippen LogP contribution < -0.4 is 40.0 Å². The van der Waals surface area contributed by atoms with Gasteiger partial charge in [-0.3, -0.25) is 4.79 Å². The quantitative estimate of drug-likeness (QED) is 0.419. The van der Waals surface area contributed by atoms with E-state index in [-0.39, 0.29) is 42.4 Å². The molecule has 2 atom stereocenters. The maximum Gasteiger partial charge on any atom is 1.00 e. The molecule has 106 valence electrons. The number of hydrogen-bond acceptors (Lipinski definition) is 4. The molecular weight excluding hydrogens is 257 g/mol. The summed E-state index contributed by atoms with van der Waals surface area (Å²) in [5.41, 5.74) is 0. The fourth-order valence-corrected chi connectivity index (χ4v) is 1.82. The molecule has 0 aromatic carbocycles. The summed E-state index contributed by atoms with van der Waals surface area (Å²) < 4.78 is 0. The van der Waals surface area contributed by atoms with Gasteiger partial charge in [0, 0.05) is 12.5 Å². The second kappa shape index (κ2) is 12.9. The summed E-state index contributed by atoms with van der Waals surface area (Å²) in [6.07, 6.45) is 4.23. The van der Waals surface area contributed by atoms with Crippen LogP contribution in [-0.4, -0.2) is 29.6 Å². The van der Waals surface area contributed by atoms with Crippen molar-refractivity contribution in [2.75, 3.05) is 6.54 Å². The molecule has 0 radical (unpaired) electrons. The van der Waals surface area contributed by atoms with Crippen molar-refractivity contribution < 1.29 is 49.4 Å². The standard InChI is InChI=1S/C13H25NO4.Na/c1-3-5-6-10(4-2)9-14-11(13(17)18)7-8-12(15)16;/h10-11,14H,3-9H2,1-2H3,(H,15,16)(H,17,18);/q;+1/p-1/t10?,11-;/m0./s1. The van der Waals surface area contributed by atoms with Crippen LogP contribution in [0.5, 0.6) is 0 Å². The van der Waals surface area contributed by atoms with E-state index in [2.05, 4.69) is 19.2 Å². The molecule has 0 aromatic heterocycles. The number of carboxylic acids is 2. The van der Waals surface area contributed by atoms with Crippen LogP contribution in [0.1, 0.15) is 52.4 Å². The molecule has 2 N–H and O–H groups in total. The zero-order valence-electron chi connectivity index (χ0n) is 12.3. The Kier molecular flexibility index (Phi) is 14.4. The van der Waals surface area contributed by atoms with Crippen LogP contribution >= 0.6 is 0 Å². The van der Waals surface area contributed by atoms with Crippen molar-refractivity contribution >= 4 is 11.9 Å². The van der Waals surface area contributed by atoms with Crippen LogP contribution in [0, 0.1) is 5.92 Å². The van der Waals surface area contributed by atoms with Gasteiger partial charge in [-0.05, 0) is 25.3 Å². The van der Waals surface area contributed by atoms with Crippen molar-refractivity contribution in [2.24, 2.45) is 5.92 Å². The third-order valence-electron chi connectivity index (χ3n) is 3.13. The molecule has 0 spiro atoms. The fourth-order valence-electron chi connectivity index (χ4n) is 1.82. The molecule has 0 bridgehead atoms. The van der Waals surface area contributed by atoms with E-state index in [0.717, 1.165) is 25.7 Å². The Bertz CT molecular complexity index is 261. The van der Waals surface area contributed by atoms with Gasteiger partial charge in [0.1, 0.15) is 0 Å². The Balaban J connectivity index is 0.